The first-order valence-electron chi connectivity index (χ1n) is 4.16. The molecule has 0 spiro atoms. The third-order valence-electron chi connectivity index (χ3n) is 1.89. The first-order valence-corrected chi connectivity index (χ1v) is 4.53. The van der Waals surface area contributed by atoms with Gasteiger partial charge in [-0.05, 0) is 24.1 Å². The summed E-state index contributed by atoms with van der Waals surface area (Å²) in [6.07, 6.45) is 0.202. The topological polar surface area (TPSA) is 92.8 Å². The molecule has 0 bridgehead atoms. The molecule has 0 radical (unpaired) electrons. The molecule has 0 saturated carbocycles. The Hall–Kier alpha value is -1.40. The predicted molar refractivity (Wildman–Crippen MR) is 56.5 cm³/mol. The van der Waals surface area contributed by atoms with Crippen LogP contribution < -0.4 is 5.73 Å². The maximum atomic E-state index is 10.9. The molecule has 82 valence electrons. The van der Waals surface area contributed by atoms with Crippen LogP contribution in [-0.4, -0.2) is 22.2 Å². The van der Waals surface area contributed by atoms with Gasteiger partial charge in [-0.3, -0.25) is 0 Å². The second-order valence-electron chi connectivity index (χ2n) is 3.04. The summed E-state index contributed by atoms with van der Waals surface area (Å²) in [7, 11) is 0. The number of carbonyl (C=O) groups is 1. The van der Waals surface area contributed by atoms with Crippen LogP contribution in [0.5, 0.6) is 11.5 Å². The third kappa shape index (κ3) is 3.03. The largest absolute Gasteiger partial charge is 0.504 e. The highest BCUT2D eigenvalue weighted by Crippen LogP contribution is 2.25. The first kappa shape index (κ1) is 11.7. The quantitative estimate of drug-likeness (QED) is 0.341. The summed E-state index contributed by atoms with van der Waals surface area (Å²) in [5.41, 5.74) is 6.10. The lowest BCUT2D eigenvalue weighted by Gasteiger charge is -2.08. The molecule has 15 heavy (non-hydrogen) atoms. The van der Waals surface area contributed by atoms with E-state index in [2.05, 4.69) is 17.1 Å². The van der Waals surface area contributed by atoms with Gasteiger partial charge in [0.05, 0.1) is 0 Å². The lowest BCUT2D eigenvalue weighted by molar-refractivity contribution is -0.134. The molecule has 0 saturated heterocycles. The lowest BCUT2D eigenvalue weighted by atomic mass is 10.1. The van der Waals surface area contributed by atoms with Crippen LogP contribution in [0.4, 0.5) is 0 Å². The maximum absolute atomic E-state index is 10.9. The fourth-order valence-corrected chi connectivity index (χ4v) is 1.24. The van der Waals surface area contributed by atoms with Crippen LogP contribution in [0, 0.1) is 0 Å². The van der Waals surface area contributed by atoms with Crippen molar-refractivity contribution < 1.29 is 19.2 Å². The minimum absolute atomic E-state index is 0.202. The number of hydrogen-bond acceptors (Lipinski definition) is 6. The van der Waals surface area contributed by atoms with Gasteiger partial charge in [0.25, 0.3) is 0 Å². The van der Waals surface area contributed by atoms with E-state index in [1.54, 1.807) is 6.07 Å². The Labute approximate surface area is 92.1 Å². The fourth-order valence-electron chi connectivity index (χ4n) is 1.10. The van der Waals surface area contributed by atoms with E-state index in [1.807, 2.05) is 0 Å². The number of hydrogen-bond donors (Lipinski definition) is 4. The standard InChI is InChI=1S/C9H11NO4S/c10-6(9(13)14-15)3-5-1-2-7(11)8(12)4-5/h1-2,4,6,11-12,15H,3,10H2/t6-/m0/s1. The summed E-state index contributed by atoms with van der Waals surface area (Å²) in [4.78, 5) is 10.9. The summed E-state index contributed by atoms with van der Waals surface area (Å²) in [5.74, 6) is -1.12. The van der Waals surface area contributed by atoms with Gasteiger partial charge in [-0.25, -0.2) is 4.79 Å². The van der Waals surface area contributed by atoms with Gasteiger partial charge in [0.2, 0.25) is 0 Å². The van der Waals surface area contributed by atoms with Crippen molar-refractivity contribution in [1.82, 2.24) is 0 Å². The van der Waals surface area contributed by atoms with Gasteiger partial charge in [0.1, 0.15) is 6.04 Å². The van der Waals surface area contributed by atoms with Gasteiger partial charge in [-0.2, -0.15) is 0 Å². The van der Waals surface area contributed by atoms with E-state index in [4.69, 9.17) is 10.8 Å². The van der Waals surface area contributed by atoms with E-state index >= 15 is 0 Å². The molecule has 0 aliphatic carbocycles. The molecular formula is C9H11NO4S. The molecule has 1 atom stereocenters. The predicted octanol–water partition coefficient (Wildman–Crippen LogP) is 0.356. The summed E-state index contributed by atoms with van der Waals surface area (Å²) >= 11 is 3.34. The molecule has 0 amide bonds. The Balaban J connectivity index is 2.73. The summed E-state index contributed by atoms with van der Waals surface area (Å²) < 4.78 is 4.16. The van der Waals surface area contributed by atoms with Gasteiger partial charge in [0, 0.05) is 12.9 Å². The monoisotopic (exact) mass is 229 g/mol. The van der Waals surface area contributed by atoms with Crippen molar-refractivity contribution in [2.45, 2.75) is 12.5 Å². The average Bonchev–Trinajstić information content (AvgIpc) is 2.22. The number of rotatable bonds is 3. The molecule has 0 heterocycles. The Morgan fingerprint density at radius 3 is 2.67 bits per heavy atom. The zero-order valence-electron chi connectivity index (χ0n) is 7.75. The SMILES string of the molecule is N[C@@H](Cc1ccc(O)c(O)c1)C(=O)OS. The normalized spacial score (nSPS) is 12.1. The number of thiol groups is 1. The number of nitrogens with two attached hydrogens (primary N) is 1. The second kappa shape index (κ2) is 4.90. The van der Waals surface area contributed by atoms with Crippen molar-refractivity contribution in [3.05, 3.63) is 23.8 Å². The van der Waals surface area contributed by atoms with Crippen LogP contribution in [0.2, 0.25) is 0 Å². The van der Waals surface area contributed by atoms with Crippen LogP contribution in [-0.2, 0) is 15.4 Å². The zero-order chi connectivity index (χ0) is 11.4. The molecule has 0 aromatic heterocycles. The summed E-state index contributed by atoms with van der Waals surface area (Å²) in [6.45, 7) is 0. The van der Waals surface area contributed by atoms with Crippen molar-refractivity contribution in [2.75, 3.05) is 0 Å². The third-order valence-corrected chi connectivity index (χ3v) is 2.07. The van der Waals surface area contributed by atoms with E-state index in [1.165, 1.54) is 12.1 Å². The smallest absolute Gasteiger partial charge is 0.335 e. The average molecular weight is 229 g/mol. The van der Waals surface area contributed by atoms with Crippen LogP contribution in [0.25, 0.3) is 0 Å². The van der Waals surface area contributed by atoms with Gasteiger partial charge in [0.15, 0.2) is 11.5 Å². The number of aromatic hydroxyl groups is 2. The van der Waals surface area contributed by atoms with E-state index in [9.17, 15) is 9.90 Å². The Kier molecular flexibility index (Phi) is 3.81. The number of phenolic OH excluding ortho intramolecular Hbond substituents is 2. The van der Waals surface area contributed by atoms with E-state index in [0.29, 0.717) is 5.56 Å². The van der Waals surface area contributed by atoms with E-state index in [-0.39, 0.29) is 17.9 Å². The van der Waals surface area contributed by atoms with Crippen molar-refractivity contribution in [1.29, 1.82) is 0 Å². The first-order chi connectivity index (χ1) is 7.04. The molecule has 0 fully saturated rings. The van der Waals surface area contributed by atoms with Crippen molar-refractivity contribution in [3.63, 3.8) is 0 Å². The number of phenols is 2. The van der Waals surface area contributed by atoms with Gasteiger partial charge in [-0.15, -0.1) is 0 Å². The lowest BCUT2D eigenvalue weighted by Crippen LogP contribution is -2.32. The molecular weight excluding hydrogens is 218 g/mol. The van der Waals surface area contributed by atoms with E-state index in [0.717, 1.165) is 0 Å². The second-order valence-corrected chi connectivity index (χ2v) is 3.23. The molecule has 1 rings (SSSR count). The minimum atomic E-state index is -0.841. The molecule has 0 aliphatic heterocycles. The molecule has 4 N–H and O–H groups in total. The molecule has 6 heteroatoms. The van der Waals surface area contributed by atoms with Crippen LogP contribution in [0.1, 0.15) is 5.56 Å². The minimum Gasteiger partial charge on any atom is -0.504 e. The summed E-state index contributed by atoms with van der Waals surface area (Å²) in [5, 5.41) is 18.2. The highest BCUT2D eigenvalue weighted by atomic mass is 32.1. The summed E-state index contributed by atoms with van der Waals surface area (Å²) in [6, 6.07) is 3.37. The Morgan fingerprint density at radius 2 is 2.13 bits per heavy atom. The van der Waals surface area contributed by atoms with Crippen molar-refractivity contribution in [2.24, 2.45) is 5.73 Å². The van der Waals surface area contributed by atoms with Crippen LogP contribution in [0.3, 0.4) is 0 Å². The van der Waals surface area contributed by atoms with Gasteiger partial charge >= 0.3 is 5.97 Å². The Bertz CT molecular complexity index is 369. The van der Waals surface area contributed by atoms with Gasteiger partial charge in [-0.1, -0.05) is 6.07 Å². The highest BCUT2D eigenvalue weighted by molar-refractivity contribution is 7.75. The van der Waals surface area contributed by atoms with Crippen molar-refractivity contribution in [3.8, 4) is 11.5 Å². The van der Waals surface area contributed by atoms with Crippen molar-refractivity contribution >= 4 is 18.9 Å². The van der Waals surface area contributed by atoms with Crippen LogP contribution >= 0.6 is 12.9 Å². The molecule has 0 aliphatic rings. The number of carbonyl (C=O) groups excluding carboxylic acids is 1. The van der Waals surface area contributed by atoms with E-state index < -0.39 is 12.0 Å². The van der Waals surface area contributed by atoms with Crippen LogP contribution in [0.15, 0.2) is 18.2 Å². The van der Waals surface area contributed by atoms with Gasteiger partial charge < -0.3 is 20.1 Å². The molecule has 1 aromatic carbocycles. The zero-order valence-corrected chi connectivity index (χ0v) is 8.65. The molecule has 0 unspecified atom stereocenters. The Morgan fingerprint density at radius 1 is 1.47 bits per heavy atom. The highest BCUT2D eigenvalue weighted by Gasteiger charge is 2.15. The molecule has 5 nitrogen and oxygen atoms in total. The maximum Gasteiger partial charge on any atom is 0.335 e. The molecule has 1 aromatic rings. The fraction of sp³-hybridized carbons (Fsp3) is 0.222. The number of benzene rings is 1.